The summed E-state index contributed by atoms with van der Waals surface area (Å²) in [5.41, 5.74) is -0.642. The Morgan fingerprint density at radius 3 is 2.62 bits per heavy atom. The van der Waals surface area contributed by atoms with Gasteiger partial charge in [0.05, 0.1) is 0 Å². The number of imidazole rings is 1. The fraction of sp³-hybridized carbons (Fsp3) is 0.600. The predicted molar refractivity (Wildman–Crippen MR) is 88.5 cm³/mol. The summed E-state index contributed by atoms with van der Waals surface area (Å²) in [5, 5.41) is 9.26. The number of carboxylic acids is 1. The highest BCUT2D eigenvalue weighted by molar-refractivity contribution is 5.78. The summed E-state index contributed by atoms with van der Waals surface area (Å²) in [7, 11) is 2.91. The molecule has 1 fully saturated rings. The molecule has 1 unspecified atom stereocenters. The maximum absolute atomic E-state index is 12.5. The van der Waals surface area contributed by atoms with E-state index in [0.717, 1.165) is 30.5 Å². The number of rotatable bonds is 3. The van der Waals surface area contributed by atoms with Gasteiger partial charge in [-0.25, -0.2) is 4.79 Å². The zero-order valence-electron chi connectivity index (χ0n) is 14.0. The summed E-state index contributed by atoms with van der Waals surface area (Å²) in [5.74, 6) is -0.155. The van der Waals surface area contributed by atoms with Crippen molar-refractivity contribution in [3.05, 3.63) is 20.8 Å². The first-order chi connectivity index (χ1) is 11.3. The zero-order valence-corrected chi connectivity index (χ0v) is 14.0. The number of aromatic nitrogens is 4. The molecular weight excluding hydrogens is 314 g/mol. The number of aryl methyl sites for hydroxylation is 1. The van der Waals surface area contributed by atoms with Gasteiger partial charge in [-0.15, -0.1) is 0 Å². The Labute approximate surface area is 137 Å². The minimum absolute atomic E-state index is 0.148. The van der Waals surface area contributed by atoms with Crippen molar-refractivity contribution in [3.63, 3.8) is 0 Å². The number of hydrogen-bond donors (Lipinski definition) is 1. The highest BCUT2D eigenvalue weighted by Crippen LogP contribution is 2.25. The van der Waals surface area contributed by atoms with Crippen molar-refractivity contribution in [2.24, 2.45) is 20.0 Å². The largest absolute Gasteiger partial charge is 0.480 e. The van der Waals surface area contributed by atoms with Crippen molar-refractivity contribution in [1.82, 2.24) is 18.7 Å². The molecule has 0 bridgehead atoms. The Hall–Kier alpha value is -2.58. The van der Waals surface area contributed by atoms with Crippen LogP contribution in [0, 0.1) is 5.92 Å². The van der Waals surface area contributed by atoms with Gasteiger partial charge >= 0.3 is 11.7 Å². The highest BCUT2D eigenvalue weighted by atomic mass is 16.4. The molecule has 1 N–H and O–H groups in total. The van der Waals surface area contributed by atoms with Gasteiger partial charge in [-0.05, 0) is 18.8 Å². The lowest BCUT2D eigenvalue weighted by Crippen LogP contribution is -2.38. The molecule has 2 aromatic heterocycles. The SMILES string of the molecule is CC1CCCN(c2nc3c(c(=O)n(C)c(=O)n3C)n2CC(=O)O)C1. The van der Waals surface area contributed by atoms with Gasteiger partial charge in [0, 0.05) is 27.2 Å². The molecule has 2 aromatic rings. The number of carboxylic acid groups (broad SMARTS) is 1. The van der Waals surface area contributed by atoms with Gasteiger partial charge in [-0.1, -0.05) is 6.92 Å². The van der Waals surface area contributed by atoms with E-state index >= 15 is 0 Å². The van der Waals surface area contributed by atoms with E-state index in [-0.39, 0.29) is 17.7 Å². The Bertz CT molecular complexity index is 923. The van der Waals surface area contributed by atoms with E-state index in [1.807, 2.05) is 4.90 Å². The lowest BCUT2D eigenvalue weighted by Gasteiger charge is -2.31. The normalized spacial score (nSPS) is 18.3. The Morgan fingerprint density at radius 1 is 1.29 bits per heavy atom. The van der Waals surface area contributed by atoms with Gasteiger partial charge in [0.25, 0.3) is 5.56 Å². The number of hydrogen-bond acceptors (Lipinski definition) is 5. The van der Waals surface area contributed by atoms with Crippen LogP contribution in [-0.2, 0) is 25.4 Å². The predicted octanol–water partition coefficient (Wildman–Crippen LogP) is -0.245. The van der Waals surface area contributed by atoms with Crippen molar-refractivity contribution < 1.29 is 9.90 Å². The molecule has 0 aromatic carbocycles. The van der Waals surface area contributed by atoms with Crippen LogP contribution in [0.25, 0.3) is 11.2 Å². The van der Waals surface area contributed by atoms with Crippen molar-refractivity contribution in [2.75, 3.05) is 18.0 Å². The smallest absolute Gasteiger partial charge is 0.332 e. The summed E-state index contributed by atoms with van der Waals surface area (Å²) in [4.78, 5) is 42.4. The first kappa shape index (κ1) is 16.3. The number of piperidine rings is 1. The van der Waals surface area contributed by atoms with Crippen LogP contribution < -0.4 is 16.1 Å². The second-order valence-electron chi connectivity index (χ2n) is 6.46. The van der Waals surface area contributed by atoms with E-state index in [2.05, 4.69) is 11.9 Å². The quantitative estimate of drug-likeness (QED) is 0.830. The van der Waals surface area contributed by atoms with E-state index < -0.39 is 17.2 Å². The maximum atomic E-state index is 12.5. The van der Waals surface area contributed by atoms with E-state index in [4.69, 9.17) is 0 Å². The van der Waals surface area contributed by atoms with Crippen LogP contribution in [0.5, 0.6) is 0 Å². The van der Waals surface area contributed by atoms with Crippen LogP contribution in [0.15, 0.2) is 9.59 Å². The molecule has 0 radical (unpaired) electrons. The summed E-state index contributed by atoms with van der Waals surface area (Å²) in [6.07, 6.45) is 2.09. The first-order valence-corrected chi connectivity index (χ1v) is 7.94. The first-order valence-electron chi connectivity index (χ1n) is 7.94. The summed E-state index contributed by atoms with van der Waals surface area (Å²) >= 11 is 0. The minimum atomic E-state index is -1.06. The summed E-state index contributed by atoms with van der Waals surface area (Å²) < 4.78 is 3.68. The number of anilines is 1. The van der Waals surface area contributed by atoms with Crippen LogP contribution in [0.1, 0.15) is 19.8 Å². The molecule has 0 spiro atoms. The van der Waals surface area contributed by atoms with Gasteiger partial charge < -0.3 is 10.0 Å². The molecule has 0 aliphatic carbocycles. The second-order valence-corrected chi connectivity index (χ2v) is 6.46. The topological polar surface area (TPSA) is 102 Å². The van der Waals surface area contributed by atoms with Crippen molar-refractivity contribution in [1.29, 1.82) is 0 Å². The molecule has 9 heteroatoms. The summed E-state index contributed by atoms with van der Waals surface area (Å²) in [6, 6.07) is 0. The monoisotopic (exact) mass is 335 g/mol. The third-order valence-electron chi connectivity index (χ3n) is 4.56. The molecule has 130 valence electrons. The van der Waals surface area contributed by atoms with Gasteiger partial charge in [0.1, 0.15) is 6.54 Å². The number of nitrogens with zero attached hydrogens (tertiary/aromatic N) is 5. The maximum Gasteiger partial charge on any atom is 0.332 e. The fourth-order valence-electron chi connectivity index (χ4n) is 3.33. The second kappa shape index (κ2) is 5.81. The van der Waals surface area contributed by atoms with Crippen LogP contribution in [0.3, 0.4) is 0 Å². The minimum Gasteiger partial charge on any atom is -0.480 e. The van der Waals surface area contributed by atoms with Crippen molar-refractivity contribution in [2.45, 2.75) is 26.3 Å². The lowest BCUT2D eigenvalue weighted by molar-refractivity contribution is -0.137. The lowest BCUT2D eigenvalue weighted by atomic mass is 10.0. The van der Waals surface area contributed by atoms with Crippen LogP contribution >= 0.6 is 0 Å². The van der Waals surface area contributed by atoms with Crippen molar-refractivity contribution >= 4 is 23.1 Å². The molecule has 3 heterocycles. The summed E-state index contributed by atoms with van der Waals surface area (Å²) in [6.45, 7) is 3.26. The third-order valence-corrected chi connectivity index (χ3v) is 4.56. The standard InChI is InChI=1S/C15H21N5O4/c1-9-5-4-6-19(7-9)14-16-12-11(20(14)8-10(21)22)13(23)18(3)15(24)17(12)2/h9H,4-8H2,1-3H3,(H,21,22). The number of fused-ring (bicyclic) bond motifs is 1. The molecule has 0 amide bonds. The molecule has 1 saturated heterocycles. The highest BCUT2D eigenvalue weighted by Gasteiger charge is 2.26. The van der Waals surface area contributed by atoms with Crippen LogP contribution in [-0.4, -0.2) is 42.9 Å². The van der Waals surface area contributed by atoms with Gasteiger partial charge in [0.15, 0.2) is 11.2 Å². The molecule has 1 atom stereocenters. The average Bonchev–Trinajstić information content (AvgIpc) is 2.89. The molecular formula is C15H21N5O4. The molecule has 0 saturated carbocycles. The molecule has 24 heavy (non-hydrogen) atoms. The van der Waals surface area contributed by atoms with Crippen LogP contribution in [0.4, 0.5) is 5.95 Å². The van der Waals surface area contributed by atoms with E-state index in [9.17, 15) is 19.5 Å². The Kier molecular flexibility index (Phi) is 3.94. The van der Waals surface area contributed by atoms with Crippen molar-refractivity contribution in [3.8, 4) is 0 Å². The zero-order chi connectivity index (χ0) is 17.6. The molecule has 3 rings (SSSR count). The fourth-order valence-corrected chi connectivity index (χ4v) is 3.33. The molecule has 1 aliphatic rings. The average molecular weight is 335 g/mol. The molecule has 1 aliphatic heterocycles. The van der Waals surface area contributed by atoms with E-state index in [1.54, 1.807) is 0 Å². The van der Waals surface area contributed by atoms with Gasteiger partial charge in [-0.3, -0.25) is 23.3 Å². The van der Waals surface area contributed by atoms with Gasteiger partial charge in [0.2, 0.25) is 5.95 Å². The van der Waals surface area contributed by atoms with Crippen LogP contribution in [0.2, 0.25) is 0 Å². The van der Waals surface area contributed by atoms with E-state index in [0.29, 0.717) is 11.9 Å². The van der Waals surface area contributed by atoms with Gasteiger partial charge in [-0.2, -0.15) is 4.98 Å². The molecule has 9 nitrogen and oxygen atoms in total. The number of carbonyl (C=O) groups is 1. The third kappa shape index (κ3) is 2.49. The Balaban J connectivity index is 2.31. The number of aliphatic carboxylic acids is 1. The van der Waals surface area contributed by atoms with E-state index in [1.165, 1.54) is 23.2 Å². The Morgan fingerprint density at radius 2 is 2.00 bits per heavy atom.